The van der Waals surface area contributed by atoms with E-state index in [1.54, 1.807) is 45.2 Å². The van der Waals surface area contributed by atoms with E-state index >= 15 is 0 Å². The Balaban J connectivity index is 1.72. The zero-order chi connectivity index (χ0) is 17.6. The maximum Gasteiger partial charge on any atom is 0.330 e. The number of ether oxygens (including phenoxy) is 2. The molecule has 2 heterocycles. The third-order valence-electron chi connectivity index (χ3n) is 4.45. The van der Waals surface area contributed by atoms with Crippen molar-refractivity contribution >= 4 is 38.6 Å². The number of hydrogen-bond donors (Lipinski definition) is 0. The van der Waals surface area contributed by atoms with Crippen molar-refractivity contribution in [3.05, 3.63) is 29.8 Å². The molecule has 2 aliphatic rings. The fourth-order valence-corrected chi connectivity index (χ4v) is 5.94. The Hall–Kier alpha value is -1.41. The SMILES string of the molecule is COc1ccc(COC(=O)[C@@H]2N3C(=O)[C@@H](Br)[C@H]3S(=O)C2(C)C)cc1. The number of halogens is 1. The zero-order valence-corrected chi connectivity index (χ0v) is 15.9. The average molecular weight is 416 g/mol. The molecule has 3 rings (SSSR count). The molecule has 2 fully saturated rings. The molecule has 130 valence electrons. The van der Waals surface area contributed by atoms with Gasteiger partial charge in [0.25, 0.3) is 0 Å². The van der Waals surface area contributed by atoms with Crippen LogP contribution in [0.4, 0.5) is 0 Å². The number of amides is 1. The van der Waals surface area contributed by atoms with E-state index in [9.17, 15) is 13.8 Å². The Morgan fingerprint density at radius 1 is 1.33 bits per heavy atom. The van der Waals surface area contributed by atoms with Crippen LogP contribution in [0.1, 0.15) is 19.4 Å². The Morgan fingerprint density at radius 3 is 2.54 bits per heavy atom. The van der Waals surface area contributed by atoms with Gasteiger partial charge in [0.1, 0.15) is 28.6 Å². The summed E-state index contributed by atoms with van der Waals surface area (Å²) in [6.45, 7) is 3.55. The first kappa shape index (κ1) is 17.4. The third-order valence-corrected chi connectivity index (χ3v) is 7.89. The van der Waals surface area contributed by atoms with Crippen LogP contribution in [0.2, 0.25) is 0 Å². The van der Waals surface area contributed by atoms with Crippen LogP contribution in [-0.2, 0) is 31.7 Å². The minimum Gasteiger partial charge on any atom is -0.497 e. The molecule has 0 aliphatic carbocycles. The van der Waals surface area contributed by atoms with E-state index in [1.165, 1.54) is 4.90 Å². The summed E-state index contributed by atoms with van der Waals surface area (Å²) >= 11 is 3.24. The summed E-state index contributed by atoms with van der Waals surface area (Å²) in [4.78, 5) is 25.5. The fourth-order valence-electron chi connectivity index (χ4n) is 3.04. The number of methoxy groups -OCH3 is 1. The highest BCUT2D eigenvalue weighted by Crippen LogP contribution is 2.46. The van der Waals surface area contributed by atoms with Crippen LogP contribution in [0.3, 0.4) is 0 Å². The molecule has 24 heavy (non-hydrogen) atoms. The maximum absolute atomic E-state index is 12.6. The first-order valence-electron chi connectivity index (χ1n) is 7.45. The minimum absolute atomic E-state index is 0.0898. The number of alkyl halides is 1. The molecule has 4 atom stereocenters. The first-order chi connectivity index (χ1) is 11.3. The third kappa shape index (κ3) is 2.56. The summed E-state index contributed by atoms with van der Waals surface area (Å²) in [6.07, 6.45) is 0. The number of rotatable bonds is 4. The monoisotopic (exact) mass is 415 g/mol. The van der Waals surface area contributed by atoms with Crippen LogP contribution in [0.15, 0.2) is 24.3 Å². The van der Waals surface area contributed by atoms with E-state index in [-0.39, 0.29) is 12.5 Å². The molecule has 0 aromatic heterocycles. The van der Waals surface area contributed by atoms with E-state index in [0.29, 0.717) is 0 Å². The lowest BCUT2D eigenvalue weighted by Crippen LogP contribution is -2.64. The summed E-state index contributed by atoms with van der Waals surface area (Å²) in [5.41, 5.74) is 0.811. The van der Waals surface area contributed by atoms with Crippen molar-refractivity contribution < 1.29 is 23.3 Å². The number of fused-ring (bicyclic) bond motifs is 1. The molecule has 1 amide bonds. The highest BCUT2D eigenvalue weighted by atomic mass is 79.9. The molecule has 1 unspecified atom stereocenters. The van der Waals surface area contributed by atoms with Gasteiger partial charge in [-0.3, -0.25) is 9.00 Å². The van der Waals surface area contributed by atoms with Crippen LogP contribution in [0.25, 0.3) is 0 Å². The van der Waals surface area contributed by atoms with Gasteiger partial charge in [0.2, 0.25) is 5.91 Å². The molecule has 0 bridgehead atoms. The number of carbonyl (C=O) groups excluding carboxylic acids is 2. The topological polar surface area (TPSA) is 72.9 Å². The molecular weight excluding hydrogens is 398 g/mol. The highest BCUT2D eigenvalue weighted by Gasteiger charge is 2.67. The number of carbonyl (C=O) groups is 2. The quantitative estimate of drug-likeness (QED) is 0.424. The van der Waals surface area contributed by atoms with Crippen molar-refractivity contribution in [1.82, 2.24) is 4.90 Å². The van der Waals surface area contributed by atoms with Gasteiger partial charge in [-0.15, -0.1) is 0 Å². The van der Waals surface area contributed by atoms with E-state index < -0.39 is 37.8 Å². The van der Waals surface area contributed by atoms with Gasteiger partial charge in [0, 0.05) is 0 Å². The molecule has 1 aromatic carbocycles. The summed E-state index contributed by atoms with van der Waals surface area (Å²) < 4.78 is 22.2. The summed E-state index contributed by atoms with van der Waals surface area (Å²) in [5.74, 6) is -0.0282. The van der Waals surface area contributed by atoms with E-state index in [0.717, 1.165) is 11.3 Å². The van der Waals surface area contributed by atoms with Gasteiger partial charge in [0.05, 0.1) is 22.7 Å². The minimum atomic E-state index is -1.33. The molecule has 0 N–H and O–H groups in total. The number of nitrogens with zero attached hydrogens (tertiary/aromatic N) is 1. The first-order valence-corrected chi connectivity index (χ1v) is 9.58. The van der Waals surface area contributed by atoms with Crippen molar-refractivity contribution in [3.8, 4) is 5.75 Å². The lowest BCUT2D eigenvalue weighted by Gasteiger charge is -2.40. The molecule has 6 nitrogen and oxygen atoms in total. The van der Waals surface area contributed by atoms with E-state index in [4.69, 9.17) is 9.47 Å². The van der Waals surface area contributed by atoms with Gasteiger partial charge in [-0.25, -0.2) is 4.79 Å². The van der Waals surface area contributed by atoms with Gasteiger partial charge >= 0.3 is 5.97 Å². The smallest absolute Gasteiger partial charge is 0.330 e. The normalized spacial score (nSPS) is 30.5. The van der Waals surface area contributed by atoms with Crippen molar-refractivity contribution in [1.29, 1.82) is 0 Å². The largest absolute Gasteiger partial charge is 0.497 e. The predicted molar refractivity (Wildman–Crippen MR) is 92.1 cm³/mol. The number of benzene rings is 1. The molecule has 2 saturated heterocycles. The number of esters is 1. The van der Waals surface area contributed by atoms with Gasteiger partial charge in [-0.05, 0) is 31.5 Å². The summed E-state index contributed by atoms with van der Waals surface area (Å²) in [7, 11) is 0.244. The molecule has 0 spiro atoms. The van der Waals surface area contributed by atoms with Crippen molar-refractivity contribution in [3.63, 3.8) is 0 Å². The van der Waals surface area contributed by atoms with Crippen LogP contribution in [0, 0.1) is 0 Å². The predicted octanol–water partition coefficient (Wildman–Crippen LogP) is 1.58. The van der Waals surface area contributed by atoms with Crippen LogP contribution in [-0.4, -0.2) is 49.1 Å². The Morgan fingerprint density at radius 2 is 1.96 bits per heavy atom. The van der Waals surface area contributed by atoms with Gasteiger partial charge in [-0.1, -0.05) is 28.1 Å². The summed E-state index contributed by atoms with van der Waals surface area (Å²) in [5, 5.41) is -0.467. The second kappa shape index (κ2) is 6.15. The lowest BCUT2D eigenvalue weighted by atomic mass is 9.98. The van der Waals surface area contributed by atoms with Gasteiger partial charge in [0.15, 0.2) is 0 Å². The molecule has 0 saturated carbocycles. The average Bonchev–Trinajstić information content (AvgIpc) is 2.77. The standard InChI is InChI=1S/C16H18BrNO5S/c1-16(2)12(18-13(19)11(17)14(18)24(16)21)15(20)23-8-9-4-6-10(22-3)7-5-9/h4-7,11-12,14H,8H2,1-3H3/t11-,12+,14-,24?/m1/s1. The zero-order valence-electron chi connectivity index (χ0n) is 13.5. The van der Waals surface area contributed by atoms with Crippen molar-refractivity contribution in [2.24, 2.45) is 0 Å². The molecule has 8 heteroatoms. The highest BCUT2D eigenvalue weighted by molar-refractivity contribution is 9.10. The van der Waals surface area contributed by atoms with E-state index in [2.05, 4.69) is 15.9 Å². The van der Waals surface area contributed by atoms with Gasteiger partial charge < -0.3 is 14.4 Å². The van der Waals surface area contributed by atoms with Crippen LogP contribution < -0.4 is 4.74 Å². The van der Waals surface area contributed by atoms with Crippen LogP contribution >= 0.6 is 15.9 Å². The lowest BCUT2D eigenvalue weighted by molar-refractivity contribution is -0.161. The number of hydrogen-bond acceptors (Lipinski definition) is 5. The van der Waals surface area contributed by atoms with Crippen LogP contribution in [0.5, 0.6) is 5.75 Å². The Labute approximate surface area is 151 Å². The Bertz CT molecular complexity index is 705. The molecular formula is C16H18BrNO5S. The van der Waals surface area contributed by atoms with Gasteiger partial charge in [-0.2, -0.15) is 0 Å². The maximum atomic E-state index is 12.6. The van der Waals surface area contributed by atoms with E-state index in [1.807, 2.05) is 0 Å². The second-order valence-electron chi connectivity index (χ2n) is 6.30. The molecule has 2 aliphatic heterocycles. The Kier molecular flexibility index (Phi) is 4.46. The number of β-lactam (4-membered cyclic amide) rings is 1. The molecule has 0 radical (unpaired) electrons. The van der Waals surface area contributed by atoms with Crippen molar-refractivity contribution in [2.45, 2.75) is 41.4 Å². The second-order valence-corrected chi connectivity index (χ2v) is 9.41. The molecule has 1 aromatic rings. The fraction of sp³-hybridized carbons (Fsp3) is 0.500. The van der Waals surface area contributed by atoms with Crippen molar-refractivity contribution in [2.75, 3.05) is 7.11 Å². The summed E-state index contributed by atoms with van der Waals surface area (Å²) in [6, 6.07) is 6.33.